The second-order valence-corrected chi connectivity index (χ2v) is 10.9. The third-order valence-electron chi connectivity index (χ3n) is 8.12. The van der Waals surface area contributed by atoms with E-state index in [0.717, 1.165) is 30.4 Å². The molecule has 0 aliphatic carbocycles. The molecule has 0 radical (unpaired) electrons. The summed E-state index contributed by atoms with van der Waals surface area (Å²) in [6.45, 7) is 4.03. The molecule has 4 rings (SSSR count). The number of hydrogen-bond donors (Lipinski definition) is 2. The van der Waals surface area contributed by atoms with Crippen molar-refractivity contribution in [1.29, 1.82) is 0 Å². The molecule has 1 atom stereocenters. The summed E-state index contributed by atoms with van der Waals surface area (Å²) in [5.41, 5.74) is 1.23. The van der Waals surface area contributed by atoms with Crippen LogP contribution in [0.4, 0.5) is 0 Å². The third-order valence-corrected chi connectivity index (χ3v) is 8.12. The van der Waals surface area contributed by atoms with Gasteiger partial charge in [0.05, 0.1) is 6.42 Å². The Kier molecular flexibility index (Phi) is 10.3. The Morgan fingerprint density at radius 2 is 1.60 bits per heavy atom. The summed E-state index contributed by atoms with van der Waals surface area (Å²) in [4.78, 5) is 55.7. The fourth-order valence-electron chi connectivity index (χ4n) is 5.84. The van der Waals surface area contributed by atoms with E-state index >= 15 is 0 Å². The Bertz CT molecular complexity index is 1150. The third kappa shape index (κ3) is 7.29. The Balaban J connectivity index is 1.24. The normalized spacial score (nSPS) is 18.5. The number of carbonyl (C=O) groups excluding carboxylic acids is 4. The summed E-state index contributed by atoms with van der Waals surface area (Å²) >= 11 is 0. The van der Waals surface area contributed by atoms with Crippen LogP contribution in [0.1, 0.15) is 63.0 Å². The molecule has 4 amide bonds. The lowest BCUT2D eigenvalue weighted by molar-refractivity contribution is -0.162. The number of benzene rings is 2. The van der Waals surface area contributed by atoms with Crippen molar-refractivity contribution in [3.05, 3.63) is 71.8 Å². The van der Waals surface area contributed by atoms with Crippen molar-refractivity contribution in [2.75, 3.05) is 26.2 Å². The minimum absolute atomic E-state index is 0.0193. The van der Waals surface area contributed by atoms with E-state index in [1.165, 1.54) is 0 Å². The summed E-state index contributed by atoms with van der Waals surface area (Å²) < 4.78 is 0. The van der Waals surface area contributed by atoms with E-state index < -0.39 is 11.6 Å². The van der Waals surface area contributed by atoms with E-state index in [1.54, 1.807) is 4.90 Å². The number of likely N-dealkylation sites (tertiary alicyclic amines) is 1. The molecule has 214 valence electrons. The van der Waals surface area contributed by atoms with Crippen molar-refractivity contribution < 1.29 is 19.2 Å². The molecule has 0 unspecified atom stereocenters. The molecule has 0 bridgehead atoms. The van der Waals surface area contributed by atoms with Gasteiger partial charge in [0.2, 0.25) is 23.6 Å². The second kappa shape index (κ2) is 14.1. The van der Waals surface area contributed by atoms with E-state index in [1.807, 2.05) is 72.5 Å². The van der Waals surface area contributed by atoms with Crippen molar-refractivity contribution in [2.24, 2.45) is 0 Å². The van der Waals surface area contributed by atoms with Crippen LogP contribution in [0.3, 0.4) is 0 Å². The highest BCUT2D eigenvalue weighted by Gasteiger charge is 2.53. The second-order valence-electron chi connectivity index (χ2n) is 10.9. The topological polar surface area (TPSA) is 98.8 Å². The SMILES string of the molecule is CCCN1C(=O)[C@H](CCCCNC(=O)Cc2ccccc2)NC(=O)C12CCN(C(=O)CCc1ccccc1)CC2. The lowest BCUT2D eigenvalue weighted by atomic mass is 9.81. The number of rotatable bonds is 12. The molecule has 2 aliphatic heterocycles. The first-order valence-corrected chi connectivity index (χ1v) is 14.7. The van der Waals surface area contributed by atoms with Crippen LogP contribution < -0.4 is 10.6 Å². The molecule has 2 saturated heterocycles. The molecule has 8 heteroatoms. The van der Waals surface area contributed by atoms with Gasteiger partial charge in [-0.15, -0.1) is 0 Å². The van der Waals surface area contributed by atoms with Crippen molar-refractivity contribution in [2.45, 2.75) is 76.3 Å². The predicted octanol–water partition coefficient (Wildman–Crippen LogP) is 3.25. The first-order chi connectivity index (χ1) is 19.4. The van der Waals surface area contributed by atoms with Crippen LogP contribution in [0, 0.1) is 0 Å². The van der Waals surface area contributed by atoms with Gasteiger partial charge < -0.3 is 20.4 Å². The van der Waals surface area contributed by atoms with E-state index in [4.69, 9.17) is 0 Å². The fourth-order valence-corrected chi connectivity index (χ4v) is 5.84. The van der Waals surface area contributed by atoms with Crippen LogP contribution in [0.5, 0.6) is 0 Å². The zero-order valence-electron chi connectivity index (χ0n) is 23.6. The van der Waals surface area contributed by atoms with Crippen molar-refractivity contribution in [3.63, 3.8) is 0 Å². The quantitative estimate of drug-likeness (QED) is 0.400. The van der Waals surface area contributed by atoms with Gasteiger partial charge in [0, 0.05) is 32.6 Å². The molecule has 8 nitrogen and oxygen atoms in total. The maximum atomic E-state index is 13.5. The summed E-state index contributed by atoms with van der Waals surface area (Å²) in [6, 6.07) is 19.0. The number of unbranched alkanes of at least 4 members (excludes halogenated alkanes) is 1. The van der Waals surface area contributed by atoms with Gasteiger partial charge in [0.25, 0.3) is 0 Å². The van der Waals surface area contributed by atoms with Crippen LogP contribution in [0.15, 0.2) is 60.7 Å². The van der Waals surface area contributed by atoms with Gasteiger partial charge in [-0.25, -0.2) is 0 Å². The monoisotopic (exact) mass is 546 g/mol. The minimum Gasteiger partial charge on any atom is -0.356 e. The van der Waals surface area contributed by atoms with Gasteiger partial charge in [-0.05, 0) is 56.1 Å². The molecule has 2 aromatic rings. The summed E-state index contributed by atoms with van der Waals surface area (Å²) in [5, 5.41) is 5.96. The highest BCUT2D eigenvalue weighted by atomic mass is 16.2. The maximum Gasteiger partial charge on any atom is 0.246 e. The van der Waals surface area contributed by atoms with Gasteiger partial charge in [-0.2, -0.15) is 0 Å². The van der Waals surface area contributed by atoms with E-state index in [-0.39, 0.29) is 23.6 Å². The van der Waals surface area contributed by atoms with E-state index in [0.29, 0.717) is 64.7 Å². The number of nitrogens with one attached hydrogen (secondary N) is 2. The van der Waals surface area contributed by atoms with Gasteiger partial charge in [0.1, 0.15) is 11.6 Å². The number of hydrogen-bond acceptors (Lipinski definition) is 4. The number of piperazine rings is 1. The Morgan fingerprint density at radius 1 is 0.950 bits per heavy atom. The standard InChI is InChI=1S/C32H42N4O4/c1-2-21-36-30(39)27(15-9-10-20-33-28(37)24-26-13-7-4-8-14-26)34-31(40)32(36)18-22-35(23-19-32)29(38)17-16-25-11-5-3-6-12-25/h3-8,11-14,27H,2,9-10,15-24H2,1H3,(H,33,37)(H,34,40)/t27-/m0/s1. The molecular formula is C32H42N4O4. The van der Waals surface area contributed by atoms with E-state index in [9.17, 15) is 19.2 Å². The minimum atomic E-state index is -0.884. The molecule has 2 N–H and O–H groups in total. The van der Waals surface area contributed by atoms with Crippen LogP contribution in [-0.2, 0) is 32.0 Å². The Labute approximate surface area is 237 Å². The molecular weight excluding hydrogens is 504 g/mol. The molecule has 2 heterocycles. The van der Waals surface area contributed by atoms with Crippen LogP contribution in [0.25, 0.3) is 0 Å². The number of piperidine rings is 1. The number of nitrogens with zero attached hydrogens (tertiary/aromatic N) is 2. The van der Waals surface area contributed by atoms with Crippen molar-refractivity contribution >= 4 is 23.6 Å². The highest BCUT2D eigenvalue weighted by molar-refractivity contribution is 6.00. The predicted molar refractivity (Wildman–Crippen MR) is 154 cm³/mol. The number of aryl methyl sites for hydroxylation is 1. The van der Waals surface area contributed by atoms with Crippen LogP contribution in [-0.4, -0.2) is 71.2 Å². The molecule has 2 aliphatic rings. The number of amides is 4. The fraction of sp³-hybridized carbons (Fsp3) is 0.500. The van der Waals surface area contributed by atoms with Crippen LogP contribution >= 0.6 is 0 Å². The Hall–Kier alpha value is -3.68. The molecule has 0 saturated carbocycles. The van der Waals surface area contributed by atoms with Crippen molar-refractivity contribution in [3.8, 4) is 0 Å². The van der Waals surface area contributed by atoms with Crippen LogP contribution in [0.2, 0.25) is 0 Å². The van der Waals surface area contributed by atoms with E-state index in [2.05, 4.69) is 10.6 Å². The summed E-state index contributed by atoms with van der Waals surface area (Å²) in [5.74, 6) is -0.0530. The summed E-state index contributed by atoms with van der Waals surface area (Å²) in [6.07, 6.45) is 5.17. The molecule has 2 fully saturated rings. The highest BCUT2D eigenvalue weighted by Crippen LogP contribution is 2.34. The van der Waals surface area contributed by atoms with Gasteiger partial charge in [0.15, 0.2) is 0 Å². The maximum absolute atomic E-state index is 13.5. The Morgan fingerprint density at radius 3 is 2.25 bits per heavy atom. The lowest BCUT2D eigenvalue weighted by Gasteiger charge is -2.51. The zero-order valence-corrected chi connectivity index (χ0v) is 23.6. The molecule has 1 spiro atoms. The lowest BCUT2D eigenvalue weighted by Crippen LogP contribution is -2.73. The molecule has 2 aromatic carbocycles. The summed E-state index contributed by atoms with van der Waals surface area (Å²) in [7, 11) is 0. The van der Waals surface area contributed by atoms with Gasteiger partial charge in [-0.3, -0.25) is 19.2 Å². The average Bonchev–Trinajstić information content (AvgIpc) is 2.98. The number of carbonyl (C=O) groups is 4. The zero-order chi connectivity index (χ0) is 28.4. The smallest absolute Gasteiger partial charge is 0.246 e. The molecule has 40 heavy (non-hydrogen) atoms. The van der Waals surface area contributed by atoms with Gasteiger partial charge >= 0.3 is 0 Å². The van der Waals surface area contributed by atoms with Crippen molar-refractivity contribution in [1.82, 2.24) is 20.4 Å². The molecule has 0 aromatic heterocycles. The average molecular weight is 547 g/mol. The first kappa shape index (κ1) is 29.3. The van der Waals surface area contributed by atoms with Gasteiger partial charge in [-0.1, -0.05) is 67.6 Å². The largest absolute Gasteiger partial charge is 0.356 e. The first-order valence-electron chi connectivity index (χ1n) is 14.7.